The van der Waals surface area contributed by atoms with Crippen molar-refractivity contribution in [3.05, 3.63) is 70.8 Å². The molecule has 1 unspecified atom stereocenters. The van der Waals surface area contributed by atoms with Crippen LogP contribution in [0, 0.1) is 11.6 Å². The van der Waals surface area contributed by atoms with Crippen LogP contribution in [0.25, 0.3) is 11.1 Å². The molecule has 0 fully saturated rings. The first kappa shape index (κ1) is 23.5. The molecule has 3 rings (SSSR count). The summed E-state index contributed by atoms with van der Waals surface area (Å²) in [6.07, 6.45) is 0.739. The molecule has 10 heteroatoms. The lowest BCUT2D eigenvalue weighted by molar-refractivity contribution is 0.1000. The van der Waals surface area contributed by atoms with Crippen LogP contribution in [0.3, 0.4) is 0 Å². The van der Waals surface area contributed by atoms with Gasteiger partial charge in [-0.3, -0.25) is 9.52 Å². The van der Waals surface area contributed by atoms with E-state index in [4.69, 9.17) is 22.1 Å². The van der Waals surface area contributed by atoms with E-state index in [1.807, 2.05) is 6.92 Å². The first-order valence-electron chi connectivity index (χ1n) is 9.44. The largest absolute Gasteiger partial charge is 0.505 e. The Kier molecular flexibility index (Phi) is 7.32. The number of anilines is 1. The van der Waals surface area contributed by atoms with Gasteiger partial charge in [-0.15, -0.1) is 0 Å². The Morgan fingerprint density at radius 2 is 1.88 bits per heavy atom. The standard InChI is InChI=1S/C22H19ClF2N2O4S/c1-2-7-31-19-6-4-3-5-13(19)14-10-18(17(25)11-16(14)24)27-32(30)20-9-12(22(26)29)8-15(23)21(20)28/h3-6,8-11,27-28H,2,7H2,1H3,(H2,26,29). The average Bonchev–Trinajstić information content (AvgIpc) is 2.76. The fourth-order valence-electron chi connectivity index (χ4n) is 2.87. The molecule has 0 radical (unpaired) electrons. The maximum atomic E-state index is 14.6. The molecule has 0 aliphatic rings. The summed E-state index contributed by atoms with van der Waals surface area (Å²) < 4.78 is 49.9. The monoisotopic (exact) mass is 480 g/mol. The molecular weight excluding hydrogens is 462 g/mol. The third kappa shape index (κ3) is 5.00. The van der Waals surface area contributed by atoms with Gasteiger partial charge in [0.25, 0.3) is 0 Å². The lowest BCUT2D eigenvalue weighted by atomic mass is 10.0. The smallest absolute Gasteiger partial charge is 0.248 e. The maximum Gasteiger partial charge on any atom is 0.248 e. The van der Waals surface area contributed by atoms with Crippen LogP contribution in [-0.4, -0.2) is 21.8 Å². The predicted molar refractivity (Wildman–Crippen MR) is 119 cm³/mol. The van der Waals surface area contributed by atoms with Crippen LogP contribution in [0.5, 0.6) is 11.5 Å². The van der Waals surface area contributed by atoms with Crippen LogP contribution in [0.2, 0.25) is 5.02 Å². The number of halogens is 3. The molecule has 3 aromatic rings. The zero-order chi connectivity index (χ0) is 23.4. The number of nitrogens with two attached hydrogens (primary N) is 1. The quantitative estimate of drug-likeness (QED) is 0.421. The molecule has 0 spiro atoms. The molecule has 0 aliphatic carbocycles. The van der Waals surface area contributed by atoms with E-state index in [2.05, 4.69) is 4.72 Å². The van der Waals surface area contributed by atoms with Crippen molar-refractivity contribution in [2.24, 2.45) is 5.73 Å². The summed E-state index contributed by atoms with van der Waals surface area (Å²) in [5, 5.41) is 9.87. The topological polar surface area (TPSA) is 102 Å². The van der Waals surface area contributed by atoms with E-state index >= 15 is 0 Å². The highest BCUT2D eigenvalue weighted by molar-refractivity contribution is 7.86. The van der Waals surface area contributed by atoms with Crippen LogP contribution in [-0.2, 0) is 11.0 Å². The normalized spacial score (nSPS) is 11.8. The molecule has 0 saturated heterocycles. The number of phenolic OH excluding ortho intramolecular Hbond substituents is 1. The van der Waals surface area contributed by atoms with Gasteiger partial charge in [0.15, 0.2) is 16.7 Å². The van der Waals surface area contributed by atoms with E-state index in [9.17, 15) is 22.9 Å². The van der Waals surface area contributed by atoms with E-state index in [0.717, 1.165) is 24.6 Å². The number of carbonyl (C=O) groups is 1. The summed E-state index contributed by atoms with van der Waals surface area (Å²) in [5.74, 6) is -2.87. The van der Waals surface area contributed by atoms with Crippen LogP contribution in [0.15, 0.2) is 53.4 Å². The second-order valence-electron chi connectivity index (χ2n) is 6.70. The lowest BCUT2D eigenvalue weighted by Gasteiger charge is -2.15. The number of nitrogens with one attached hydrogen (secondary N) is 1. The number of carbonyl (C=O) groups excluding carboxylic acids is 1. The predicted octanol–water partition coefficient (Wildman–Crippen LogP) is 5.01. The Hall–Kier alpha value is -3.17. The maximum absolute atomic E-state index is 14.6. The third-order valence-electron chi connectivity index (χ3n) is 4.41. The molecule has 4 N–H and O–H groups in total. The summed E-state index contributed by atoms with van der Waals surface area (Å²) in [7, 11) is -2.26. The van der Waals surface area contributed by atoms with Gasteiger partial charge in [-0.1, -0.05) is 36.7 Å². The first-order chi connectivity index (χ1) is 15.2. The second kappa shape index (κ2) is 9.97. The number of primary amides is 1. The molecule has 0 heterocycles. The summed E-state index contributed by atoms with van der Waals surface area (Å²) >= 11 is 5.87. The molecule has 1 atom stereocenters. The van der Waals surface area contributed by atoms with Crippen molar-refractivity contribution >= 4 is 34.2 Å². The van der Waals surface area contributed by atoms with Gasteiger partial charge in [0.2, 0.25) is 5.91 Å². The summed E-state index contributed by atoms with van der Waals surface area (Å²) in [6, 6.07) is 10.7. The van der Waals surface area contributed by atoms with Gasteiger partial charge in [0, 0.05) is 22.8 Å². The molecule has 3 aromatic carbocycles. The Balaban J connectivity index is 2.01. The van der Waals surface area contributed by atoms with E-state index in [1.165, 1.54) is 0 Å². The number of ether oxygens (including phenoxy) is 1. The fourth-order valence-corrected chi connectivity index (χ4v) is 4.13. The van der Waals surface area contributed by atoms with Crippen molar-refractivity contribution in [3.63, 3.8) is 0 Å². The number of hydrogen-bond acceptors (Lipinski definition) is 4. The van der Waals surface area contributed by atoms with E-state index in [-0.39, 0.29) is 26.7 Å². The van der Waals surface area contributed by atoms with Crippen molar-refractivity contribution in [3.8, 4) is 22.6 Å². The molecule has 1 amide bonds. The summed E-state index contributed by atoms with van der Waals surface area (Å²) in [6.45, 7) is 2.33. The van der Waals surface area contributed by atoms with Gasteiger partial charge in [-0.2, -0.15) is 0 Å². The molecule has 0 aromatic heterocycles. The number of rotatable bonds is 8. The van der Waals surface area contributed by atoms with E-state index in [0.29, 0.717) is 24.0 Å². The molecule has 32 heavy (non-hydrogen) atoms. The minimum Gasteiger partial charge on any atom is -0.505 e. The van der Waals surface area contributed by atoms with Crippen molar-refractivity contribution in [2.45, 2.75) is 18.2 Å². The van der Waals surface area contributed by atoms with Gasteiger partial charge >= 0.3 is 0 Å². The van der Waals surface area contributed by atoms with Crippen molar-refractivity contribution in [1.29, 1.82) is 0 Å². The highest BCUT2D eigenvalue weighted by Crippen LogP contribution is 2.36. The van der Waals surface area contributed by atoms with Crippen molar-refractivity contribution in [1.82, 2.24) is 0 Å². The van der Waals surface area contributed by atoms with E-state index < -0.39 is 34.3 Å². The first-order valence-corrected chi connectivity index (χ1v) is 11.0. The number of hydrogen-bond donors (Lipinski definition) is 3. The van der Waals surface area contributed by atoms with Crippen molar-refractivity contribution < 1.29 is 27.6 Å². The fraction of sp³-hybridized carbons (Fsp3) is 0.136. The number of para-hydroxylation sites is 1. The zero-order valence-corrected chi connectivity index (χ0v) is 18.4. The van der Waals surface area contributed by atoms with Gasteiger partial charge < -0.3 is 15.6 Å². The van der Waals surface area contributed by atoms with Crippen LogP contribution in [0.4, 0.5) is 14.5 Å². The Labute approximate surface area is 190 Å². The minimum atomic E-state index is -2.26. The minimum absolute atomic E-state index is 0.0192. The van der Waals surface area contributed by atoms with Crippen LogP contribution in [0.1, 0.15) is 23.7 Å². The van der Waals surface area contributed by atoms with Gasteiger partial charge in [-0.25, -0.2) is 13.0 Å². The lowest BCUT2D eigenvalue weighted by Crippen LogP contribution is -2.13. The van der Waals surface area contributed by atoms with Crippen molar-refractivity contribution in [2.75, 3.05) is 11.3 Å². The van der Waals surface area contributed by atoms with Crippen LogP contribution < -0.4 is 15.2 Å². The van der Waals surface area contributed by atoms with Gasteiger partial charge in [0.1, 0.15) is 22.3 Å². The Morgan fingerprint density at radius 1 is 1.16 bits per heavy atom. The number of phenols is 1. The molecule has 168 valence electrons. The number of aromatic hydroxyl groups is 1. The van der Waals surface area contributed by atoms with Gasteiger partial charge in [0.05, 0.1) is 17.3 Å². The zero-order valence-electron chi connectivity index (χ0n) is 16.8. The highest BCUT2D eigenvalue weighted by Gasteiger charge is 2.20. The molecule has 0 bridgehead atoms. The van der Waals surface area contributed by atoms with Crippen LogP contribution >= 0.6 is 11.6 Å². The summed E-state index contributed by atoms with van der Waals surface area (Å²) in [5.41, 5.74) is 5.22. The second-order valence-corrected chi connectivity index (χ2v) is 8.28. The average molecular weight is 481 g/mol. The molecule has 0 aliphatic heterocycles. The number of benzene rings is 3. The summed E-state index contributed by atoms with van der Waals surface area (Å²) in [4.78, 5) is 11.2. The third-order valence-corrected chi connectivity index (χ3v) is 5.82. The highest BCUT2D eigenvalue weighted by atomic mass is 35.5. The molecule has 6 nitrogen and oxygen atoms in total. The Morgan fingerprint density at radius 3 is 2.56 bits per heavy atom. The number of amides is 1. The Bertz CT molecular complexity index is 1210. The molecule has 0 saturated carbocycles. The van der Waals surface area contributed by atoms with E-state index in [1.54, 1.807) is 24.3 Å². The SMILES string of the molecule is CCCOc1ccccc1-c1cc(NS(=O)c2cc(C(N)=O)cc(Cl)c2O)c(F)cc1F. The molecular formula is C22H19ClF2N2O4S. The van der Waals surface area contributed by atoms with Gasteiger partial charge in [-0.05, 0) is 30.7 Å².